The van der Waals surface area contributed by atoms with E-state index in [1.54, 1.807) is 0 Å². The van der Waals surface area contributed by atoms with Gasteiger partial charge in [-0.15, -0.1) is 14.8 Å². The van der Waals surface area contributed by atoms with Crippen molar-refractivity contribution in [2.75, 3.05) is 18.5 Å². The highest BCUT2D eigenvalue weighted by Gasteiger charge is 2.19. The van der Waals surface area contributed by atoms with Gasteiger partial charge in [0.15, 0.2) is 5.65 Å². The van der Waals surface area contributed by atoms with E-state index in [0.717, 1.165) is 31.1 Å². The molecule has 1 aliphatic rings. The van der Waals surface area contributed by atoms with Gasteiger partial charge in [0, 0.05) is 12.5 Å². The van der Waals surface area contributed by atoms with Crippen LogP contribution in [0.1, 0.15) is 5.56 Å². The Bertz CT molecular complexity index is 771. The fourth-order valence-electron chi connectivity index (χ4n) is 2.51. The molecule has 0 bridgehead atoms. The fraction of sp³-hybridized carbons (Fsp3) is 0.286. The molecule has 1 aliphatic heterocycles. The smallest absolute Gasteiger partial charge is 0.200 e. The molecule has 0 saturated heterocycles. The molecule has 0 unspecified atom stereocenters. The number of benzene rings is 1. The third-order valence-corrected chi connectivity index (χ3v) is 3.60. The van der Waals surface area contributed by atoms with Crippen LogP contribution >= 0.6 is 0 Å². The molecule has 3 aromatic rings. The van der Waals surface area contributed by atoms with Crippen molar-refractivity contribution in [1.29, 1.82) is 0 Å². The van der Waals surface area contributed by atoms with E-state index >= 15 is 0 Å². The van der Waals surface area contributed by atoms with Gasteiger partial charge < -0.3 is 10.1 Å². The predicted octanol–water partition coefficient (Wildman–Crippen LogP) is 1.18. The van der Waals surface area contributed by atoms with E-state index in [1.165, 1.54) is 10.2 Å². The van der Waals surface area contributed by atoms with Crippen molar-refractivity contribution >= 4 is 11.5 Å². The summed E-state index contributed by atoms with van der Waals surface area (Å²) in [6.45, 7) is 1.52. The average molecular weight is 282 g/mol. The van der Waals surface area contributed by atoms with Crippen LogP contribution in [0.25, 0.3) is 5.65 Å². The Hall–Kier alpha value is -2.70. The molecule has 106 valence electrons. The highest BCUT2D eigenvalue weighted by Crippen LogP contribution is 2.26. The molecule has 7 nitrogen and oxygen atoms in total. The summed E-state index contributed by atoms with van der Waals surface area (Å²) in [6, 6.07) is 11.9. The van der Waals surface area contributed by atoms with Crippen molar-refractivity contribution in [2.45, 2.75) is 6.42 Å². The molecule has 0 fully saturated rings. The Labute approximate surface area is 120 Å². The molecule has 0 amide bonds. The van der Waals surface area contributed by atoms with E-state index < -0.39 is 0 Å². The maximum atomic E-state index is 5.78. The Kier molecular flexibility index (Phi) is 2.88. The van der Waals surface area contributed by atoms with Gasteiger partial charge in [0.25, 0.3) is 0 Å². The average Bonchev–Trinajstić information content (AvgIpc) is 3.00. The van der Waals surface area contributed by atoms with Gasteiger partial charge in [-0.3, -0.25) is 0 Å². The lowest BCUT2D eigenvalue weighted by Gasteiger charge is -2.25. The molecular weight excluding hydrogens is 268 g/mol. The van der Waals surface area contributed by atoms with Gasteiger partial charge in [0.2, 0.25) is 0 Å². The number of ether oxygens (including phenoxy) is 1. The van der Waals surface area contributed by atoms with Crippen LogP contribution < -0.4 is 10.1 Å². The summed E-state index contributed by atoms with van der Waals surface area (Å²) < 4.78 is 7.20. The van der Waals surface area contributed by atoms with Gasteiger partial charge in [0.1, 0.15) is 11.6 Å². The van der Waals surface area contributed by atoms with Crippen LogP contribution in [0.2, 0.25) is 0 Å². The first-order chi connectivity index (χ1) is 10.4. The van der Waals surface area contributed by atoms with Crippen LogP contribution in [0.4, 0.5) is 5.82 Å². The second kappa shape index (κ2) is 5.01. The van der Waals surface area contributed by atoms with Crippen LogP contribution in [0.5, 0.6) is 5.75 Å². The topological polar surface area (TPSA) is 77.2 Å². The predicted molar refractivity (Wildman–Crippen MR) is 76.2 cm³/mol. The van der Waals surface area contributed by atoms with Crippen LogP contribution in [0.3, 0.4) is 0 Å². The normalized spacial score (nSPS) is 17.2. The van der Waals surface area contributed by atoms with E-state index in [-0.39, 0.29) is 0 Å². The number of nitrogens with one attached hydrogen (secondary N) is 1. The Morgan fingerprint density at radius 3 is 3.19 bits per heavy atom. The third-order valence-electron chi connectivity index (χ3n) is 3.60. The zero-order chi connectivity index (χ0) is 14.1. The number of para-hydroxylation sites is 1. The van der Waals surface area contributed by atoms with E-state index in [0.29, 0.717) is 11.6 Å². The molecule has 1 aromatic carbocycles. The van der Waals surface area contributed by atoms with Gasteiger partial charge in [0.05, 0.1) is 6.61 Å². The minimum absolute atomic E-state index is 0.422. The monoisotopic (exact) mass is 282 g/mol. The number of nitrogens with zero attached hydrogens (tertiary/aromatic N) is 5. The summed E-state index contributed by atoms with van der Waals surface area (Å²) >= 11 is 0. The van der Waals surface area contributed by atoms with Gasteiger partial charge >= 0.3 is 0 Å². The molecule has 0 aliphatic carbocycles. The summed E-state index contributed by atoms with van der Waals surface area (Å²) in [5.41, 5.74) is 1.90. The maximum absolute atomic E-state index is 5.78. The van der Waals surface area contributed by atoms with Crippen molar-refractivity contribution in [2.24, 2.45) is 5.92 Å². The third kappa shape index (κ3) is 2.37. The largest absolute Gasteiger partial charge is 0.493 e. The molecule has 0 spiro atoms. The minimum atomic E-state index is 0.422. The lowest BCUT2D eigenvalue weighted by Crippen LogP contribution is -2.27. The number of fused-ring (bicyclic) bond motifs is 2. The van der Waals surface area contributed by atoms with Crippen molar-refractivity contribution < 1.29 is 4.74 Å². The number of aromatic nitrogens is 5. The Morgan fingerprint density at radius 2 is 2.19 bits per heavy atom. The molecule has 7 heteroatoms. The fourth-order valence-corrected chi connectivity index (χ4v) is 2.51. The molecule has 3 heterocycles. The molecule has 0 saturated carbocycles. The number of anilines is 1. The molecule has 0 radical (unpaired) electrons. The quantitative estimate of drug-likeness (QED) is 0.777. The summed E-state index contributed by atoms with van der Waals surface area (Å²) in [4.78, 5) is 0. The summed E-state index contributed by atoms with van der Waals surface area (Å²) in [6.07, 6.45) is 1.01. The van der Waals surface area contributed by atoms with Gasteiger partial charge in [-0.25, -0.2) is 0 Å². The summed E-state index contributed by atoms with van der Waals surface area (Å²) in [7, 11) is 0. The number of rotatable bonds is 3. The summed E-state index contributed by atoms with van der Waals surface area (Å²) in [5.74, 6) is 2.18. The maximum Gasteiger partial charge on any atom is 0.200 e. The molecule has 21 heavy (non-hydrogen) atoms. The van der Waals surface area contributed by atoms with Gasteiger partial charge in [-0.2, -0.15) is 0 Å². The second-order valence-electron chi connectivity index (χ2n) is 5.11. The Balaban J connectivity index is 1.43. The second-order valence-corrected chi connectivity index (χ2v) is 5.11. The molecule has 1 atom stereocenters. The molecule has 4 rings (SSSR count). The highest BCUT2D eigenvalue weighted by atomic mass is 16.5. The van der Waals surface area contributed by atoms with Crippen molar-refractivity contribution in [3.05, 3.63) is 42.0 Å². The van der Waals surface area contributed by atoms with E-state index in [9.17, 15) is 0 Å². The van der Waals surface area contributed by atoms with Gasteiger partial charge in [-0.1, -0.05) is 18.2 Å². The minimum Gasteiger partial charge on any atom is -0.493 e. The lowest BCUT2D eigenvalue weighted by molar-refractivity contribution is 0.229. The zero-order valence-corrected chi connectivity index (χ0v) is 11.3. The first-order valence-electron chi connectivity index (χ1n) is 6.88. The van der Waals surface area contributed by atoms with Crippen LogP contribution in [-0.2, 0) is 6.42 Å². The molecule has 1 N–H and O–H groups in total. The van der Waals surface area contributed by atoms with Crippen LogP contribution in [-0.4, -0.2) is 38.4 Å². The zero-order valence-electron chi connectivity index (χ0n) is 11.3. The van der Waals surface area contributed by atoms with Crippen molar-refractivity contribution in [1.82, 2.24) is 25.3 Å². The number of hydrogen-bond acceptors (Lipinski definition) is 6. The number of tetrazole rings is 1. The van der Waals surface area contributed by atoms with Crippen LogP contribution in [0.15, 0.2) is 36.4 Å². The van der Waals surface area contributed by atoms with Crippen molar-refractivity contribution in [3.8, 4) is 5.75 Å². The van der Waals surface area contributed by atoms with E-state index in [2.05, 4.69) is 32.0 Å². The van der Waals surface area contributed by atoms with Crippen molar-refractivity contribution in [3.63, 3.8) is 0 Å². The summed E-state index contributed by atoms with van der Waals surface area (Å²) in [5, 5.41) is 18.8. The lowest BCUT2D eigenvalue weighted by atomic mass is 9.97. The highest BCUT2D eigenvalue weighted by molar-refractivity contribution is 5.42. The Morgan fingerprint density at radius 1 is 1.24 bits per heavy atom. The molecular formula is C14H14N6O. The number of hydrogen-bond donors (Lipinski definition) is 1. The standard InChI is InChI=1S/C14H14N6O/c1-2-4-12-11(3-1)7-10(9-21-12)8-15-13-5-6-14-16-18-19-20(14)17-13/h1-6,10H,7-9H2,(H,15,17)/t10-/m1/s1. The van der Waals surface area contributed by atoms with E-state index in [4.69, 9.17) is 4.74 Å². The van der Waals surface area contributed by atoms with Gasteiger partial charge in [-0.05, 0) is 40.6 Å². The van der Waals surface area contributed by atoms with Crippen LogP contribution in [0, 0.1) is 5.92 Å². The SMILES string of the molecule is c1ccc2c(c1)C[C@H](CNc1ccc3nnnn3n1)CO2. The molecule has 2 aromatic heterocycles. The van der Waals surface area contributed by atoms with E-state index in [1.807, 2.05) is 30.3 Å². The first-order valence-corrected chi connectivity index (χ1v) is 6.88. The first kappa shape index (κ1) is 12.1.